The number of hydrogen-bond donors (Lipinski definition) is 1. The molecule has 0 aliphatic heterocycles. The highest BCUT2D eigenvalue weighted by Gasteiger charge is 2.30. The molecule has 0 radical (unpaired) electrons. The van der Waals surface area contributed by atoms with Crippen molar-refractivity contribution in [1.82, 2.24) is 4.31 Å². The number of hydrogen-bond acceptors (Lipinski definition) is 4. The molecule has 1 N–H and O–H groups in total. The third-order valence-electron chi connectivity index (χ3n) is 4.08. The Balaban J connectivity index is 2.13. The molecular formula is C19H20ClF3N2O4S. The maximum atomic E-state index is 12.8. The minimum atomic E-state index is -4.48. The number of benzene rings is 2. The summed E-state index contributed by atoms with van der Waals surface area (Å²) in [7, 11) is -3.89. The smallest absolute Gasteiger partial charge is 0.416 e. The first-order valence-electron chi connectivity index (χ1n) is 8.88. The third kappa shape index (κ3) is 5.87. The molecule has 0 aliphatic rings. The van der Waals surface area contributed by atoms with E-state index in [0.717, 1.165) is 24.3 Å². The molecule has 0 aliphatic carbocycles. The Kier molecular flexibility index (Phi) is 7.73. The Morgan fingerprint density at radius 1 is 1.10 bits per heavy atom. The first-order valence-corrected chi connectivity index (χ1v) is 10.7. The average Bonchev–Trinajstić information content (AvgIpc) is 2.67. The largest absolute Gasteiger partial charge is 0.482 e. The van der Waals surface area contributed by atoms with Gasteiger partial charge in [0.2, 0.25) is 10.0 Å². The topological polar surface area (TPSA) is 75.7 Å². The standard InChI is InChI=1S/C19H20ClF3N2O4S/c1-3-25(4-2)30(27,28)17-11-14(20)7-10-16(17)29-12-18(26)24-15-8-5-13(6-9-15)19(21,22)23/h5-11H,3-4,12H2,1-2H3,(H,24,26). The van der Waals surface area contributed by atoms with Gasteiger partial charge in [0.25, 0.3) is 5.91 Å². The lowest BCUT2D eigenvalue weighted by Gasteiger charge is -2.20. The van der Waals surface area contributed by atoms with Gasteiger partial charge in [-0.05, 0) is 42.5 Å². The summed E-state index contributed by atoms with van der Waals surface area (Å²) in [6.07, 6.45) is -4.48. The number of amides is 1. The van der Waals surface area contributed by atoms with Crippen molar-refractivity contribution in [2.24, 2.45) is 0 Å². The van der Waals surface area contributed by atoms with Crippen molar-refractivity contribution in [2.45, 2.75) is 24.9 Å². The van der Waals surface area contributed by atoms with Gasteiger partial charge in [-0.1, -0.05) is 25.4 Å². The van der Waals surface area contributed by atoms with Crippen molar-refractivity contribution >= 4 is 33.2 Å². The second-order valence-electron chi connectivity index (χ2n) is 6.09. The lowest BCUT2D eigenvalue weighted by atomic mass is 10.2. The van der Waals surface area contributed by atoms with Gasteiger partial charge >= 0.3 is 6.18 Å². The van der Waals surface area contributed by atoms with Crippen LogP contribution in [0.5, 0.6) is 5.75 Å². The van der Waals surface area contributed by atoms with Crippen molar-refractivity contribution < 1.29 is 31.1 Å². The first kappa shape index (κ1) is 24.0. The van der Waals surface area contributed by atoms with E-state index in [9.17, 15) is 26.4 Å². The molecule has 2 aromatic rings. The van der Waals surface area contributed by atoms with Crippen molar-refractivity contribution in [2.75, 3.05) is 25.0 Å². The van der Waals surface area contributed by atoms with Crippen LogP contribution in [-0.2, 0) is 21.0 Å². The van der Waals surface area contributed by atoms with Crippen LogP contribution in [0, 0.1) is 0 Å². The minimum Gasteiger partial charge on any atom is -0.482 e. The van der Waals surface area contributed by atoms with Gasteiger partial charge in [0.05, 0.1) is 5.56 Å². The predicted molar refractivity (Wildman–Crippen MR) is 107 cm³/mol. The van der Waals surface area contributed by atoms with E-state index in [0.29, 0.717) is 0 Å². The zero-order valence-electron chi connectivity index (χ0n) is 16.2. The van der Waals surface area contributed by atoms with Gasteiger partial charge in [0, 0.05) is 23.8 Å². The number of nitrogens with zero attached hydrogens (tertiary/aromatic N) is 1. The molecule has 0 aromatic heterocycles. The predicted octanol–water partition coefficient (Wildman–Crippen LogP) is 4.41. The summed E-state index contributed by atoms with van der Waals surface area (Å²) < 4.78 is 70.0. The molecule has 0 fully saturated rings. The molecule has 0 heterocycles. The normalized spacial score (nSPS) is 12.1. The number of carbonyl (C=O) groups is 1. The average molecular weight is 465 g/mol. The van der Waals surface area contributed by atoms with Gasteiger partial charge in [-0.25, -0.2) is 8.42 Å². The van der Waals surface area contributed by atoms with Crippen LogP contribution < -0.4 is 10.1 Å². The van der Waals surface area contributed by atoms with E-state index in [1.165, 1.54) is 22.5 Å². The van der Waals surface area contributed by atoms with E-state index in [1.54, 1.807) is 13.8 Å². The van der Waals surface area contributed by atoms with Crippen molar-refractivity contribution in [1.29, 1.82) is 0 Å². The lowest BCUT2D eigenvalue weighted by Crippen LogP contribution is -2.31. The van der Waals surface area contributed by atoms with Crippen LogP contribution in [-0.4, -0.2) is 38.3 Å². The summed E-state index contributed by atoms with van der Waals surface area (Å²) in [5, 5.41) is 2.57. The van der Waals surface area contributed by atoms with E-state index >= 15 is 0 Å². The van der Waals surface area contributed by atoms with Crippen LogP contribution in [0.4, 0.5) is 18.9 Å². The van der Waals surface area contributed by atoms with Gasteiger partial charge in [-0.3, -0.25) is 4.79 Å². The molecule has 0 saturated heterocycles. The number of rotatable bonds is 8. The van der Waals surface area contributed by atoms with E-state index in [1.807, 2.05) is 0 Å². The highest BCUT2D eigenvalue weighted by atomic mass is 35.5. The summed E-state index contributed by atoms with van der Waals surface area (Å²) in [6, 6.07) is 7.89. The Morgan fingerprint density at radius 2 is 1.70 bits per heavy atom. The Hall–Kier alpha value is -2.30. The molecule has 0 spiro atoms. The Labute approximate surface area is 177 Å². The zero-order chi connectivity index (χ0) is 22.5. The van der Waals surface area contributed by atoms with Gasteiger partial charge < -0.3 is 10.1 Å². The monoisotopic (exact) mass is 464 g/mol. The van der Waals surface area contributed by atoms with E-state index < -0.39 is 34.3 Å². The highest BCUT2D eigenvalue weighted by molar-refractivity contribution is 7.89. The molecule has 0 unspecified atom stereocenters. The second-order valence-corrected chi connectivity index (χ2v) is 8.44. The summed E-state index contributed by atoms with van der Waals surface area (Å²) in [6.45, 7) is 3.29. The Morgan fingerprint density at radius 3 is 2.23 bits per heavy atom. The summed E-state index contributed by atoms with van der Waals surface area (Å²) in [4.78, 5) is 11.9. The van der Waals surface area contributed by atoms with Crippen molar-refractivity contribution in [3.05, 3.63) is 53.1 Å². The van der Waals surface area contributed by atoms with Crippen LogP contribution in [0.25, 0.3) is 0 Å². The van der Waals surface area contributed by atoms with E-state index in [-0.39, 0.29) is 34.4 Å². The third-order valence-corrected chi connectivity index (χ3v) is 6.39. The highest BCUT2D eigenvalue weighted by Crippen LogP contribution is 2.31. The number of sulfonamides is 1. The zero-order valence-corrected chi connectivity index (χ0v) is 17.7. The fourth-order valence-electron chi connectivity index (χ4n) is 2.59. The van der Waals surface area contributed by atoms with Crippen LogP contribution in [0.2, 0.25) is 5.02 Å². The van der Waals surface area contributed by atoms with Crippen LogP contribution in [0.3, 0.4) is 0 Å². The number of anilines is 1. The first-order chi connectivity index (χ1) is 14.0. The molecule has 164 valence electrons. The van der Waals surface area contributed by atoms with Crippen LogP contribution >= 0.6 is 11.6 Å². The molecule has 0 bridgehead atoms. The minimum absolute atomic E-state index is 0.0612. The molecule has 1 amide bonds. The second kappa shape index (κ2) is 9.67. The lowest BCUT2D eigenvalue weighted by molar-refractivity contribution is -0.137. The van der Waals surface area contributed by atoms with Crippen LogP contribution in [0.15, 0.2) is 47.4 Å². The van der Waals surface area contributed by atoms with Crippen molar-refractivity contribution in [3.8, 4) is 5.75 Å². The molecule has 30 heavy (non-hydrogen) atoms. The molecular weight excluding hydrogens is 445 g/mol. The quantitative estimate of drug-likeness (QED) is 0.628. The molecule has 0 atom stereocenters. The van der Waals surface area contributed by atoms with E-state index in [4.69, 9.17) is 16.3 Å². The number of carbonyl (C=O) groups excluding carboxylic acids is 1. The summed E-state index contributed by atoms with van der Waals surface area (Å²) in [5.74, 6) is -0.732. The van der Waals surface area contributed by atoms with Gasteiger partial charge in [0.1, 0.15) is 10.6 Å². The molecule has 6 nitrogen and oxygen atoms in total. The number of ether oxygens (including phenoxy) is 1. The number of alkyl halides is 3. The van der Waals surface area contributed by atoms with E-state index in [2.05, 4.69) is 5.32 Å². The van der Waals surface area contributed by atoms with Crippen LogP contribution in [0.1, 0.15) is 19.4 Å². The van der Waals surface area contributed by atoms with Crippen molar-refractivity contribution in [3.63, 3.8) is 0 Å². The SMILES string of the molecule is CCN(CC)S(=O)(=O)c1cc(Cl)ccc1OCC(=O)Nc1ccc(C(F)(F)F)cc1. The molecule has 11 heteroatoms. The number of halogens is 4. The maximum Gasteiger partial charge on any atom is 0.416 e. The summed E-state index contributed by atoms with van der Waals surface area (Å²) >= 11 is 5.93. The number of nitrogens with one attached hydrogen (secondary N) is 1. The fourth-order valence-corrected chi connectivity index (χ4v) is 4.44. The molecule has 2 aromatic carbocycles. The summed E-state index contributed by atoms with van der Waals surface area (Å²) in [5.41, 5.74) is -0.701. The van der Waals surface area contributed by atoms with Gasteiger partial charge in [-0.2, -0.15) is 17.5 Å². The van der Waals surface area contributed by atoms with Gasteiger partial charge in [0.15, 0.2) is 6.61 Å². The molecule has 0 saturated carbocycles. The Bertz CT molecular complexity index is 992. The fraction of sp³-hybridized carbons (Fsp3) is 0.316. The molecule has 2 rings (SSSR count). The maximum absolute atomic E-state index is 12.8. The van der Waals surface area contributed by atoms with Gasteiger partial charge in [-0.15, -0.1) is 0 Å².